The lowest BCUT2D eigenvalue weighted by atomic mass is 9.85. The van der Waals surface area contributed by atoms with E-state index in [4.69, 9.17) is 27.9 Å². The number of ether oxygens (including phenoxy) is 1. The molecule has 2 N–H and O–H groups in total. The van der Waals surface area contributed by atoms with Crippen LogP contribution in [-0.4, -0.2) is 34.2 Å². The Morgan fingerprint density at radius 2 is 2.00 bits per heavy atom. The zero-order valence-electron chi connectivity index (χ0n) is 12.7. The van der Waals surface area contributed by atoms with Crippen molar-refractivity contribution in [2.75, 3.05) is 11.9 Å². The summed E-state index contributed by atoms with van der Waals surface area (Å²) in [4.78, 5) is 27.7. The summed E-state index contributed by atoms with van der Waals surface area (Å²) >= 11 is 11.9. The molecule has 6 nitrogen and oxygen atoms in total. The van der Waals surface area contributed by atoms with Crippen LogP contribution in [-0.2, 0) is 14.3 Å². The van der Waals surface area contributed by atoms with Gasteiger partial charge in [0.15, 0.2) is 18.0 Å². The van der Waals surface area contributed by atoms with Crippen molar-refractivity contribution in [2.24, 2.45) is 0 Å². The van der Waals surface area contributed by atoms with Crippen molar-refractivity contribution >= 4 is 40.9 Å². The van der Waals surface area contributed by atoms with Gasteiger partial charge in [-0.05, 0) is 38.2 Å². The molecule has 0 aliphatic heterocycles. The second-order valence-electron chi connectivity index (χ2n) is 5.61. The molecule has 0 aromatic carbocycles. The number of aromatic nitrogens is 1. The molecule has 0 atom stereocenters. The van der Waals surface area contributed by atoms with E-state index in [9.17, 15) is 14.7 Å². The minimum Gasteiger partial charge on any atom is -0.453 e. The zero-order valence-corrected chi connectivity index (χ0v) is 14.2. The Morgan fingerprint density at radius 1 is 1.35 bits per heavy atom. The second kappa shape index (κ2) is 7.47. The maximum absolute atomic E-state index is 11.9. The largest absolute Gasteiger partial charge is 0.453 e. The van der Waals surface area contributed by atoms with Crippen molar-refractivity contribution in [2.45, 2.75) is 44.6 Å². The Bertz CT molecular complexity index is 616. The molecular formula is C15H18Cl2N2O4. The van der Waals surface area contributed by atoms with Crippen molar-refractivity contribution in [1.82, 2.24) is 4.98 Å². The molecule has 8 heteroatoms. The minimum atomic E-state index is -1.48. The molecule has 2 rings (SSSR count). The van der Waals surface area contributed by atoms with Crippen LogP contribution in [0.2, 0.25) is 10.0 Å². The average molecular weight is 361 g/mol. The van der Waals surface area contributed by atoms with Crippen molar-refractivity contribution in [3.05, 3.63) is 21.8 Å². The van der Waals surface area contributed by atoms with Gasteiger partial charge in [-0.3, -0.25) is 4.79 Å². The van der Waals surface area contributed by atoms with Crippen LogP contribution in [0.1, 0.15) is 37.7 Å². The predicted molar refractivity (Wildman–Crippen MR) is 86.6 cm³/mol. The number of rotatable bonds is 4. The number of anilines is 1. The van der Waals surface area contributed by atoms with Gasteiger partial charge >= 0.3 is 5.97 Å². The van der Waals surface area contributed by atoms with Gasteiger partial charge in [-0.15, -0.1) is 0 Å². The van der Waals surface area contributed by atoms with Gasteiger partial charge in [0.1, 0.15) is 0 Å². The summed E-state index contributed by atoms with van der Waals surface area (Å²) in [7, 11) is 0. The standard InChI is InChI=1S/C15H18Cl2N2O4/c1-9-10(16)7-18-13(12(9)17)19-11(20)8-23-14(21)15(22)5-3-2-4-6-15/h7,22H,2-6,8H2,1H3,(H,18,19,20). The maximum atomic E-state index is 11.9. The fraction of sp³-hybridized carbons (Fsp3) is 0.533. The van der Waals surface area contributed by atoms with Crippen LogP contribution in [0.3, 0.4) is 0 Å². The number of pyridine rings is 1. The highest BCUT2D eigenvalue weighted by molar-refractivity contribution is 6.37. The monoisotopic (exact) mass is 360 g/mol. The SMILES string of the molecule is Cc1c(Cl)cnc(NC(=O)COC(=O)C2(O)CCCCC2)c1Cl. The Morgan fingerprint density at radius 3 is 2.65 bits per heavy atom. The number of amides is 1. The summed E-state index contributed by atoms with van der Waals surface area (Å²) in [6.07, 6.45) is 4.60. The molecule has 1 aliphatic rings. The number of esters is 1. The van der Waals surface area contributed by atoms with E-state index in [1.165, 1.54) is 6.20 Å². The molecule has 0 unspecified atom stereocenters. The topological polar surface area (TPSA) is 88.5 Å². The highest BCUT2D eigenvalue weighted by Gasteiger charge is 2.38. The fourth-order valence-electron chi connectivity index (χ4n) is 2.42. The van der Waals surface area contributed by atoms with Gasteiger partial charge in [-0.1, -0.05) is 29.6 Å². The molecule has 1 saturated carbocycles. The molecule has 1 aliphatic carbocycles. The Balaban J connectivity index is 1.90. The lowest BCUT2D eigenvalue weighted by molar-refractivity contribution is -0.170. The van der Waals surface area contributed by atoms with E-state index in [0.717, 1.165) is 19.3 Å². The average Bonchev–Trinajstić information content (AvgIpc) is 2.54. The maximum Gasteiger partial charge on any atom is 0.338 e. The number of carbonyl (C=O) groups excluding carboxylic acids is 2. The first-order valence-electron chi connectivity index (χ1n) is 7.33. The highest BCUT2D eigenvalue weighted by atomic mass is 35.5. The molecule has 1 aromatic rings. The van der Waals surface area contributed by atoms with Crippen LogP contribution < -0.4 is 5.32 Å². The molecule has 1 amide bonds. The number of aliphatic hydroxyl groups is 1. The van der Waals surface area contributed by atoms with Crippen LogP contribution in [0, 0.1) is 6.92 Å². The van der Waals surface area contributed by atoms with Gasteiger partial charge < -0.3 is 15.2 Å². The van der Waals surface area contributed by atoms with E-state index >= 15 is 0 Å². The van der Waals surface area contributed by atoms with Gasteiger partial charge in [-0.2, -0.15) is 0 Å². The molecule has 1 heterocycles. The molecule has 0 bridgehead atoms. The van der Waals surface area contributed by atoms with E-state index in [0.29, 0.717) is 23.4 Å². The first-order chi connectivity index (χ1) is 10.8. The lowest BCUT2D eigenvalue weighted by Crippen LogP contribution is -2.42. The zero-order chi connectivity index (χ0) is 17.0. The minimum absolute atomic E-state index is 0.144. The molecule has 0 saturated heterocycles. The molecular weight excluding hydrogens is 343 g/mol. The van der Waals surface area contributed by atoms with Crippen molar-refractivity contribution in [3.63, 3.8) is 0 Å². The summed E-state index contributed by atoms with van der Waals surface area (Å²) in [6, 6.07) is 0. The van der Waals surface area contributed by atoms with Crippen LogP contribution in [0.15, 0.2) is 6.20 Å². The van der Waals surface area contributed by atoms with E-state index < -0.39 is 24.1 Å². The van der Waals surface area contributed by atoms with E-state index in [1.807, 2.05) is 0 Å². The van der Waals surface area contributed by atoms with Crippen molar-refractivity contribution < 1.29 is 19.4 Å². The third-order valence-electron chi connectivity index (χ3n) is 3.86. The second-order valence-corrected chi connectivity index (χ2v) is 6.40. The molecule has 0 radical (unpaired) electrons. The first kappa shape index (κ1) is 18.0. The van der Waals surface area contributed by atoms with Crippen molar-refractivity contribution in [1.29, 1.82) is 0 Å². The Hall–Kier alpha value is -1.37. The van der Waals surface area contributed by atoms with Gasteiger partial charge in [0.2, 0.25) is 0 Å². The number of hydrogen-bond acceptors (Lipinski definition) is 5. The summed E-state index contributed by atoms with van der Waals surface area (Å²) in [6.45, 7) is 1.18. The quantitative estimate of drug-likeness (QED) is 0.805. The number of carbonyl (C=O) groups is 2. The van der Waals surface area contributed by atoms with E-state index in [2.05, 4.69) is 10.3 Å². The third-order valence-corrected chi connectivity index (χ3v) is 4.70. The smallest absolute Gasteiger partial charge is 0.338 e. The lowest BCUT2D eigenvalue weighted by Gasteiger charge is -2.29. The van der Waals surface area contributed by atoms with Gasteiger partial charge in [-0.25, -0.2) is 9.78 Å². The highest BCUT2D eigenvalue weighted by Crippen LogP contribution is 2.30. The third kappa shape index (κ3) is 4.34. The number of nitrogens with zero attached hydrogens (tertiary/aromatic N) is 1. The number of halogens is 2. The Labute approximate surface area is 144 Å². The van der Waals surface area contributed by atoms with Gasteiger partial charge in [0, 0.05) is 6.20 Å². The van der Waals surface area contributed by atoms with E-state index in [1.54, 1.807) is 6.92 Å². The van der Waals surface area contributed by atoms with Crippen molar-refractivity contribution in [3.8, 4) is 0 Å². The predicted octanol–water partition coefficient (Wildman–Crippen LogP) is 2.87. The fourth-order valence-corrected chi connectivity index (χ4v) is 2.81. The normalized spacial score (nSPS) is 16.7. The Kier molecular flexibility index (Phi) is 5.84. The molecule has 23 heavy (non-hydrogen) atoms. The molecule has 0 spiro atoms. The number of nitrogens with one attached hydrogen (secondary N) is 1. The summed E-state index contributed by atoms with van der Waals surface area (Å²) in [5.41, 5.74) is -0.891. The van der Waals surface area contributed by atoms with Crippen LogP contribution in [0.5, 0.6) is 0 Å². The van der Waals surface area contributed by atoms with E-state index in [-0.39, 0.29) is 10.8 Å². The summed E-state index contributed by atoms with van der Waals surface area (Å²) in [5, 5.41) is 13.3. The van der Waals surface area contributed by atoms with Crippen LogP contribution in [0.25, 0.3) is 0 Å². The molecule has 126 valence electrons. The van der Waals surface area contributed by atoms with Crippen LogP contribution >= 0.6 is 23.2 Å². The van der Waals surface area contributed by atoms with Gasteiger partial charge in [0.25, 0.3) is 5.91 Å². The van der Waals surface area contributed by atoms with Crippen LogP contribution in [0.4, 0.5) is 5.82 Å². The molecule has 1 fully saturated rings. The first-order valence-corrected chi connectivity index (χ1v) is 8.09. The summed E-state index contributed by atoms with van der Waals surface area (Å²) < 4.78 is 4.91. The molecule has 1 aromatic heterocycles. The number of hydrogen-bond donors (Lipinski definition) is 2. The van der Waals surface area contributed by atoms with Gasteiger partial charge in [0.05, 0.1) is 10.0 Å². The summed E-state index contributed by atoms with van der Waals surface area (Å²) in [5.74, 6) is -1.21.